The first-order valence-corrected chi connectivity index (χ1v) is 15.2. The molecule has 0 radical (unpaired) electrons. The van der Waals surface area contributed by atoms with E-state index in [0.717, 1.165) is 33.0 Å². The van der Waals surface area contributed by atoms with Gasteiger partial charge in [-0.25, -0.2) is 4.68 Å². The Labute approximate surface area is 273 Å². The number of ether oxygens (including phenoxy) is 2. The zero-order chi connectivity index (χ0) is 32.8. The number of benzene rings is 4. The molecule has 0 atom stereocenters. The maximum absolute atomic E-state index is 14.0. The van der Waals surface area contributed by atoms with Crippen LogP contribution >= 0.6 is 0 Å². The van der Waals surface area contributed by atoms with E-state index in [-0.39, 0.29) is 17.7 Å². The summed E-state index contributed by atoms with van der Waals surface area (Å²) in [6.07, 6.45) is 4.00. The second-order valence-electron chi connectivity index (χ2n) is 11.0. The Morgan fingerprint density at radius 2 is 1.55 bits per heavy atom. The van der Waals surface area contributed by atoms with Crippen LogP contribution in [0.25, 0.3) is 23.0 Å². The molecule has 2 heterocycles. The molecule has 0 bridgehead atoms. The zero-order valence-electron chi connectivity index (χ0n) is 26.1. The molecule has 4 aromatic carbocycles. The highest BCUT2D eigenvalue weighted by atomic mass is 16.5. The molecule has 0 spiro atoms. The summed E-state index contributed by atoms with van der Waals surface area (Å²) in [5.74, 6) is 0.336. The van der Waals surface area contributed by atoms with Gasteiger partial charge in [0.05, 0.1) is 12.8 Å². The number of carbonyl (C=O) groups excluding carboxylic acids is 2. The third kappa shape index (κ3) is 6.75. The summed E-state index contributed by atoms with van der Waals surface area (Å²) >= 11 is 0. The number of carbonyl (C=O) groups is 2. The number of nitrogens with zero attached hydrogens (tertiary/aromatic N) is 4. The lowest BCUT2D eigenvalue weighted by Crippen LogP contribution is -2.43. The van der Waals surface area contributed by atoms with Gasteiger partial charge in [0, 0.05) is 29.4 Å². The second kappa shape index (κ2) is 13.8. The maximum atomic E-state index is 14.0. The fourth-order valence-corrected chi connectivity index (χ4v) is 5.43. The van der Waals surface area contributed by atoms with Gasteiger partial charge in [-0.3, -0.25) is 14.5 Å². The molecule has 0 unspecified atom stereocenters. The first-order chi connectivity index (χ1) is 22.9. The number of methoxy groups -OCH3 is 1. The topological polar surface area (TPSA) is 97.5 Å². The summed E-state index contributed by atoms with van der Waals surface area (Å²) in [7, 11) is 1.59. The van der Waals surface area contributed by atoms with E-state index in [0.29, 0.717) is 35.6 Å². The van der Waals surface area contributed by atoms with E-state index in [2.05, 4.69) is 0 Å². The van der Waals surface area contributed by atoms with Gasteiger partial charge in [-0.2, -0.15) is 10.4 Å². The molecule has 8 nitrogen and oxygen atoms in total. The smallest absolute Gasteiger partial charge is 0.271 e. The molecule has 0 N–H and O–H groups in total. The molecule has 1 aromatic heterocycles. The van der Waals surface area contributed by atoms with Crippen LogP contribution < -0.4 is 9.47 Å². The fourth-order valence-electron chi connectivity index (χ4n) is 5.43. The standard InChI is InChI=1S/C39H32N4O4/c1-27-35(38(44)42(39(45)36(27)24-40)21-20-28-16-18-33(46-2)19-17-28)23-31-25-43(32-13-7-4-8-14-32)41-37(31)30-12-9-15-34(22-30)47-26-29-10-5-3-6-11-29/h3-19,22-23,25H,20-21,26H2,1-2H3/b35-23+. The maximum Gasteiger partial charge on any atom is 0.271 e. The number of hydrogen-bond acceptors (Lipinski definition) is 6. The van der Waals surface area contributed by atoms with E-state index >= 15 is 0 Å². The molecule has 0 fully saturated rings. The molecule has 232 valence electrons. The average molecular weight is 621 g/mol. The van der Waals surface area contributed by atoms with Crippen molar-refractivity contribution in [2.75, 3.05) is 13.7 Å². The number of nitriles is 1. The number of rotatable bonds is 10. The van der Waals surface area contributed by atoms with Crippen molar-refractivity contribution in [3.05, 3.63) is 149 Å². The predicted molar refractivity (Wildman–Crippen MR) is 179 cm³/mol. The van der Waals surface area contributed by atoms with E-state index in [1.54, 1.807) is 24.8 Å². The number of imide groups is 1. The molecule has 1 aliphatic heterocycles. The Morgan fingerprint density at radius 1 is 0.830 bits per heavy atom. The molecule has 0 saturated carbocycles. The van der Waals surface area contributed by atoms with Crippen LogP contribution in [-0.2, 0) is 22.6 Å². The molecule has 2 amide bonds. The van der Waals surface area contributed by atoms with Crippen LogP contribution in [0, 0.1) is 11.3 Å². The van der Waals surface area contributed by atoms with Crippen LogP contribution in [0.1, 0.15) is 23.6 Å². The SMILES string of the molecule is COc1ccc(CCN2C(=O)C(C#N)=C(C)/C(=C\c3cn(-c4ccccc4)nc3-c3cccc(OCc4ccccc4)c3)C2=O)cc1. The summed E-state index contributed by atoms with van der Waals surface area (Å²) in [6, 6.07) is 36.7. The Balaban J connectivity index is 1.37. The van der Waals surface area contributed by atoms with Crippen molar-refractivity contribution in [1.29, 1.82) is 5.26 Å². The van der Waals surface area contributed by atoms with E-state index in [1.807, 2.05) is 121 Å². The van der Waals surface area contributed by atoms with Crippen LogP contribution in [-0.4, -0.2) is 40.1 Å². The van der Waals surface area contributed by atoms with Gasteiger partial charge >= 0.3 is 0 Å². The number of para-hydroxylation sites is 1. The molecule has 8 heteroatoms. The van der Waals surface area contributed by atoms with Gasteiger partial charge in [0.15, 0.2) is 0 Å². The van der Waals surface area contributed by atoms with Crippen molar-refractivity contribution in [2.24, 2.45) is 0 Å². The Hall–Kier alpha value is -6.20. The minimum Gasteiger partial charge on any atom is -0.497 e. The Kier molecular flexibility index (Phi) is 9.07. The zero-order valence-corrected chi connectivity index (χ0v) is 26.1. The lowest BCUT2D eigenvalue weighted by molar-refractivity contribution is -0.140. The summed E-state index contributed by atoms with van der Waals surface area (Å²) in [6.45, 7) is 2.17. The van der Waals surface area contributed by atoms with Crippen molar-refractivity contribution >= 4 is 17.9 Å². The van der Waals surface area contributed by atoms with Crippen LogP contribution in [0.15, 0.2) is 132 Å². The molecule has 1 aliphatic rings. The van der Waals surface area contributed by atoms with E-state index in [1.165, 1.54) is 0 Å². The van der Waals surface area contributed by atoms with Crippen molar-refractivity contribution in [1.82, 2.24) is 14.7 Å². The van der Waals surface area contributed by atoms with Gasteiger partial charge in [-0.15, -0.1) is 0 Å². The highest BCUT2D eigenvalue weighted by molar-refractivity contribution is 6.19. The lowest BCUT2D eigenvalue weighted by atomic mass is 9.93. The molecule has 6 rings (SSSR count). The monoisotopic (exact) mass is 620 g/mol. The van der Waals surface area contributed by atoms with Crippen LogP contribution in [0.5, 0.6) is 11.5 Å². The van der Waals surface area contributed by atoms with Crippen LogP contribution in [0.2, 0.25) is 0 Å². The van der Waals surface area contributed by atoms with Gasteiger partial charge in [0.1, 0.15) is 35.4 Å². The summed E-state index contributed by atoms with van der Waals surface area (Å²) in [5, 5.41) is 14.9. The van der Waals surface area contributed by atoms with Gasteiger partial charge < -0.3 is 9.47 Å². The normalized spacial score (nSPS) is 14.0. The summed E-state index contributed by atoms with van der Waals surface area (Å²) in [4.78, 5) is 28.4. The van der Waals surface area contributed by atoms with Gasteiger partial charge in [0.2, 0.25) is 0 Å². The highest BCUT2D eigenvalue weighted by Crippen LogP contribution is 2.32. The van der Waals surface area contributed by atoms with Gasteiger partial charge in [0.25, 0.3) is 11.8 Å². The third-order valence-corrected chi connectivity index (χ3v) is 8.03. The van der Waals surface area contributed by atoms with Crippen molar-refractivity contribution in [2.45, 2.75) is 20.0 Å². The van der Waals surface area contributed by atoms with Crippen molar-refractivity contribution in [3.63, 3.8) is 0 Å². The van der Waals surface area contributed by atoms with Gasteiger partial charge in [-0.05, 0) is 72.5 Å². The fraction of sp³-hybridized carbons (Fsp3) is 0.128. The molecule has 0 aliphatic carbocycles. The predicted octanol–water partition coefficient (Wildman–Crippen LogP) is 6.96. The minimum absolute atomic E-state index is 0.0566. The third-order valence-electron chi connectivity index (χ3n) is 8.03. The molecule has 47 heavy (non-hydrogen) atoms. The molecule has 0 saturated heterocycles. The van der Waals surface area contributed by atoms with Crippen LogP contribution in [0.3, 0.4) is 0 Å². The van der Waals surface area contributed by atoms with Crippen molar-refractivity contribution < 1.29 is 19.1 Å². The number of hydrogen-bond donors (Lipinski definition) is 0. The minimum atomic E-state index is -0.593. The molecular formula is C39H32N4O4. The number of amides is 2. The quantitative estimate of drug-likeness (QED) is 0.124. The Bertz CT molecular complexity index is 2020. The second-order valence-corrected chi connectivity index (χ2v) is 11.0. The van der Waals surface area contributed by atoms with E-state index in [4.69, 9.17) is 14.6 Å². The first-order valence-electron chi connectivity index (χ1n) is 15.2. The highest BCUT2D eigenvalue weighted by Gasteiger charge is 2.35. The Morgan fingerprint density at radius 3 is 2.26 bits per heavy atom. The summed E-state index contributed by atoms with van der Waals surface area (Å²) < 4.78 is 13.1. The van der Waals surface area contributed by atoms with Gasteiger partial charge in [-0.1, -0.05) is 72.8 Å². The van der Waals surface area contributed by atoms with Crippen molar-refractivity contribution in [3.8, 4) is 34.5 Å². The first kappa shape index (κ1) is 30.8. The van der Waals surface area contributed by atoms with Crippen LogP contribution in [0.4, 0.5) is 0 Å². The lowest BCUT2D eigenvalue weighted by Gasteiger charge is -2.27. The molecular weight excluding hydrogens is 588 g/mol. The molecule has 5 aromatic rings. The van der Waals surface area contributed by atoms with E-state index < -0.39 is 11.8 Å². The largest absolute Gasteiger partial charge is 0.497 e. The summed E-state index contributed by atoms with van der Waals surface area (Å²) in [5.41, 5.74) is 5.42. The average Bonchev–Trinajstić information content (AvgIpc) is 3.54. The van der Waals surface area contributed by atoms with E-state index in [9.17, 15) is 14.9 Å². The number of aromatic nitrogens is 2.